The third-order valence-corrected chi connectivity index (χ3v) is 9.77. The van der Waals surface area contributed by atoms with E-state index in [0.29, 0.717) is 28.8 Å². The van der Waals surface area contributed by atoms with Gasteiger partial charge < -0.3 is 4.98 Å². The van der Waals surface area contributed by atoms with Crippen LogP contribution in [0.5, 0.6) is 0 Å². The van der Waals surface area contributed by atoms with Gasteiger partial charge in [-0.25, -0.2) is 9.97 Å². The molecule has 4 heterocycles. The summed E-state index contributed by atoms with van der Waals surface area (Å²) in [6.45, 7) is 10.8. The molecule has 0 fully saturated rings. The van der Waals surface area contributed by atoms with Crippen molar-refractivity contribution in [2.24, 2.45) is 5.92 Å². The number of hydrogen-bond acceptors (Lipinski definition) is 7. The SMILES string of the molecule is CCn1c(SC(C)c2nc3sc(C)c(C)c3c(=O)[nH]2)nc2sc3c(c2c1=O)CCC(C)C3. The molecule has 6 nitrogen and oxygen atoms in total. The highest BCUT2D eigenvalue weighted by atomic mass is 32.2. The Morgan fingerprint density at radius 1 is 1.19 bits per heavy atom. The second kappa shape index (κ2) is 8.11. The predicted octanol–water partition coefficient (Wildman–Crippen LogP) is 5.37. The molecule has 0 saturated carbocycles. The van der Waals surface area contributed by atoms with Crippen LogP contribution in [0, 0.1) is 19.8 Å². The second-order valence-electron chi connectivity index (χ2n) is 8.65. The van der Waals surface area contributed by atoms with Crippen molar-refractivity contribution >= 4 is 54.9 Å². The van der Waals surface area contributed by atoms with E-state index in [9.17, 15) is 9.59 Å². The van der Waals surface area contributed by atoms with Gasteiger partial charge in [-0.2, -0.15) is 0 Å². The summed E-state index contributed by atoms with van der Waals surface area (Å²) in [6, 6.07) is 0. The van der Waals surface area contributed by atoms with Gasteiger partial charge in [0.15, 0.2) is 5.16 Å². The second-order valence-corrected chi connectivity index (χ2v) is 12.2. The molecule has 0 amide bonds. The maximum atomic E-state index is 13.4. The van der Waals surface area contributed by atoms with E-state index < -0.39 is 0 Å². The van der Waals surface area contributed by atoms with Gasteiger partial charge in [-0.1, -0.05) is 18.7 Å². The number of rotatable bonds is 4. The summed E-state index contributed by atoms with van der Waals surface area (Å²) in [5.74, 6) is 1.27. The molecule has 0 bridgehead atoms. The molecule has 0 saturated heterocycles. The molecule has 9 heteroatoms. The maximum Gasteiger partial charge on any atom is 0.263 e. The average Bonchev–Trinajstić information content (AvgIpc) is 3.24. The zero-order valence-corrected chi connectivity index (χ0v) is 21.3. The smallest absolute Gasteiger partial charge is 0.263 e. The number of nitrogens with zero attached hydrogens (tertiary/aromatic N) is 3. The molecule has 1 aliphatic carbocycles. The summed E-state index contributed by atoms with van der Waals surface area (Å²) in [4.78, 5) is 42.8. The molecular formula is C23H26N4O2S3. The summed E-state index contributed by atoms with van der Waals surface area (Å²) < 4.78 is 1.77. The largest absolute Gasteiger partial charge is 0.309 e. The van der Waals surface area contributed by atoms with Crippen LogP contribution in [-0.4, -0.2) is 19.5 Å². The number of fused-ring (bicyclic) bond motifs is 4. The molecule has 0 aliphatic heterocycles. The van der Waals surface area contributed by atoms with Crippen molar-refractivity contribution in [3.63, 3.8) is 0 Å². The van der Waals surface area contributed by atoms with Crippen molar-refractivity contribution in [1.82, 2.24) is 19.5 Å². The van der Waals surface area contributed by atoms with E-state index in [4.69, 9.17) is 9.97 Å². The first-order valence-electron chi connectivity index (χ1n) is 11.0. The monoisotopic (exact) mass is 486 g/mol. The highest BCUT2D eigenvalue weighted by molar-refractivity contribution is 7.99. The number of hydrogen-bond donors (Lipinski definition) is 1. The fourth-order valence-corrected chi connectivity index (χ4v) is 7.94. The van der Waals surface area contributed by atoms with Crippen LogP contribution in [0.4, 0.5) is 0 Å². The Hall–Kier alpha value is -1.97. The zero-order chi connectivity index (χ0) is 22.7. The number of aromatic amines is 1. The van der Waals surface area contributed by atoms with Crippen molar-refractivity contribution in [1.29, 1.82) is 0 Å². The molecule has 168 valence electrons. The number of nitrogens with one attached hydrogen (secondary N) is 1. The number of aryl methyl sites for hydroxylation is 3. The molecule has 0 radical (unpaired) electrons. The molecule has 2 atom stereocenters. The molecule has 5 rings (SSSR count). The minimum atomic E-state index is -0.147. The molecule has 1 aliphatic rings. The third kappa shape index (κ3) is 3.45. The summed E-state index contributed by atoms with van der Waals surface area (Å²) in [7, 11) is 0. The summed E-state index contributed by atoms with van der Waals surface area (Å²) in [5.41, 5.74) is 2.16. The van der Waals surface area contributed by atoms with Gasteiger partial charge in [0.05, 0.1) is 16.0 Å². The van der Waals surface area contributed by atoms with Gasteiger partial charge in [-0.15, -0.1) is 22.7 Å². The Morgan fingerprint density at radius 2 is 1.94 bits per heavy atom. The quantitative estimate of drug-likeness (QED) is 0.310. The van der Waals surface area contributed by atoms with Crippen molar-refractivity contribution in [2.75, 3.05) is 0 Å². The van der Waals surface area contributed by atoms with E-state index in [2.05, 4.69) is 11.9 Å². The van der Waals surface area contributed by atoms with Gasteiger partial charge in [-0.3, -0.25) is 14.2 Å². The van der Waals surface area contributed by atoms with Crippen LogP contribution in [0.1, 0.15) is 59.1 Å². The number of thioether (sulfide) groups is 1. The fraction of sp³-hybridized carbons (Fsp3) is 0.478. The van der Waals surface area contributed by atoms with Gasteiger partial charge in [0.2, 0.25) is 0 Å². The lowest BCUT2D eigenvalue weighted by atomic mass is 9.89. The van der Waals surface area contributed by atoms with Crippen molar-refractivity contribution in [2.45, 2.75) is 70.8 Å². The van der Waals surface area contributed by atoms with E-state index in [0.717, 1.165) is 44.8 Å². The first-order chi connectivity index (χ1) is 15.3. The van der Waals surface area contributed by atoms with Crippen LogP contribution in [0.3, 0.4) is 0 Å². The summed E-state index contributed by atoms with van der Waals surface area (Å²) in [5, 5.41) is 2.03. The Labute approximate surface area is 198 Å². The highest BCUT2D eigenvalue weighted by Gasteiger charge is 2.25. The Kier molecular flexibility index (Phi) is 5.54. The normalized spacial score (nSPS) is 17.2. The molecule has 1 N–H and O–H groups in total. The van der Waals surface area contributed by atoms with E-state index in [-0.39, 0.29) is 16.4 Å². The number of aromatic nitrogens is 4. The molecule has 0 spiro atoms. The van der Waals surface area contributed by atoms with Crippen molar-refractivity contribution in [3.8, 4) is 0 Å². The molecule has 0 aromatic carbocycles. The molecular weight excluding hydrogens is 460 g/mol. The van der Waals surface area contributed by atoms with Gasteiger partial charge >= 0.3 is 0 Å². The molecule has 4 aromatic heterocycles. The lowest BCUT2D eigenvalue weighted by Crippen LogP contribution is -2.23. The lowest BCUT2D eigenvalue weighted by Gasteiger charge is -2.18. The maximum absolute atomic E-state index is 13.4. The van der Waals surface area contributed by atoms with Gasteiger partial charge in [-0.05, 0) is 64.0 Å². The van der Waals surface area contributed by atoms with Crippen LogP contribution in [0.15, 0.2) is 14.7 Å². The minimum absolute atomic E-state index is 0.0562. The highest BCUT2D eigenvalue weighted by Crippen LogP contribution is 2.38. The Balaban J connectivity index is 1.57. The van der Waals surface area contributed by atoms with Crippen molar-refractivity contribution in [3.05, 3.63) is 47.4 Å². The van der Waals surface area contributed by atoms with E-state index in [1.807, 2.05) is 27.7 Å². The van der Waals surface area contributed by atoms with Crippen LogP contribution in [0.2, 0.25) is 0 Å². The number of thiophene rings is 2. The lowest BCUT2D eigenvalue weighted by molar-refractivity contribution is 0.509. The van der Waals surface area contributed by atoms with E-state index in [1.54, 1.807) is 27.2 Å². The minimum Gasteiger partial charge on any atom is -0.309 e. The predicted molar refractivity (Wildman–Crippen MR) is 135 cm³/mol. The zero-order valence-electron chi connectivity index (χ0n) is 18.9. The van der Waals surface area contributed by atoms with Gasteiger partial charge in [0.25, 0.3) is 11.1 Å². The third-order valence-electron chi connectivity index (χ3n) is 6.42. The standard InChI is InChI=1S/C23H26N4O2S3/c1-6-27-22(29)17-14-8-7-10(2)9-15(14)32-21(17)26-23(27)31-13(5)18-24-19(28)16-11(3)12(4)30-20(16)25-18/h10,13H,6-9H2,1-5H3,(H,24,25,28). The van der Waals surface area contributed by atoms with Gasteiger partial charge in [0, 0.05) is 16.3 Å². The Bertz CT molecular complexity index is 1480. The van der Waals surface area contributed by atoms with Crippen LogP contribution < -0.4 is 11.1 Å². The topological polar surface area (TPSA) is 80.6 Å². The summed E-state index contributed by atoms with van der Waals surface area (Å²) in [6.07, 6.45) is 3.12. The van der Waals surface area contributed by atoms with Crippen LogP contribution in [0.25, 0.3) is 20.4 Å². The molecule has 32 heavy (non-hydrogen) atoms. The van der Waals surface area contributed by atoms with Gasteiger partial charge in [0.1, 0.15) is 15.5 Å². The fourth-order valence-electron chi connectivity index (χ4n) is 4.45. The summed E-state index contributed by atoms with van der Waals surface area (Å²) >= 11 is 4.70. The van der Waals surface area contributed by atoms with Crippen LogP contribution in [-0.2, 0) is 19.4 Å². The Morgan fingerprint density at radius 3 is 2.69 bits per heavy atom. The first-order valence-corrected chi connectivity index (χ1v) is 13.5. The van der Waals surface area contributed by atoms with E-state index >= 15 is 0 Å². The number of H-pyrrole nitrogens is 1. The molecule has 2 unspecified atom stereocenters. The molecule has 4 aromatic rings. The van der Waals surface area contributed by atoms with E-state index in [1.165, 1.54) is 22.2 Å². The van der Waals surface area contributed by atoms with Crippen molar-refractivity contribution < 1.29 is 0 Å². The van der Waals surface area contributed by atoms with Crippen LogP contribution >= 0.6 is 34.4 Å². The first kappa shape index (κ1) is 21.9. The average molecular weight is 487 g/mol.